The second-order valence-corrected chi connectivity index (χ2v) is 4.24. The summed E-state index contributed by atoms with van der Waals surface area (Å²) in [5.41, 5.74) is 6.37. The monoisotopic (exact) mass is 229 g/mol. The van der Waals surface area contributed by atoms with E-state index in [0.717, 1.165) is 6.42 Å². The van der Waals surface area contributed by atoms with Gasteiger partial charge in [0.05, 0.1) is 0 Å². The smallest absolute Gasteiger partial charge is 0.179 e. The molecule has 0 aromatic heterocycles. The Morgan fingerprint density at radius 2 is 2.13 bits per heavy atom. The van der Waals surface area contributed by atoms with Crippen molar-refractivity contribution in [1.82, 2.24) is 0 Å². The number of thioether (sulfide) groups is 1. The summed E-state index contributed by atoms with van der Waals surface area (Å²) in [7, 11) is 0. The van der Waals surface area contributed by atoms with E-state index in [2.05, 4.69) is 4.99 Å². The largest absolute Gasteiger partial charge is 0.317 e. The molecular formula is C10H19N3OS. The van der Waals surface area contributed by atoms with Crippen molar-refractivity contribution in [3.63, 3.8) is 0 Å². The predicted molar refractivity (Wildman–Crippen MR) is 66.8 cm³/mol. The predicted octanol–water partition coefficient (Wildman–Crippen LogP) is 1.69. The van der Waals surface area contributed by atoms with Crippen LogP contribution in [-0.4, -0.2) is 29.0 Å². The zero-order valence-corrected chi connectivity index (χ0v) is 10.5. The average Bonchev–Trinajstić information content (AvgIpc) is 2.23. The molecule has 0 fully saturated rings. The molecule has 2 atom stereocenters. The first kappa shape index (κ1) is 14.3. The van der Waals surface area contributed by atoms with Crippen LogP contribution in [0, 0.1) is 11.3 Å². The van der Waals surface area contributed by atoms with Crippen LogP contribution in [0.4, 0.5) is 0 Å². The van der Waals surface area contributed by atoms with E-state index < -0.39 is 6.04 Å². The van der Waals surface area contributed by atoms with Gasteiger partial charge in [0, 0.05) is 5.71 Å². The Hall–Kier alpha value is -0.680. The molecule has 15 heavy (non-hydrogen) atoms. The highest BCUT2D eigenvalue weighted by atomic mass is 32.2. The molecule has 0 aliphatic rings. The standard InChI is InChI=1S/C10H19N3OS/c1-5-6(2)9(8(11)7(3)14)13-10(12)15-4/h6,8,12H,5,11H2,1-4H3. The molecule has 0 aromatic rings. The Kier molecular flexibility index (Phi) is 6.43. The number of ketones is 1. The van der Waals surface area contributed by atoms with Crippen LogP contribution in [0.1, 0.15) is 27.2 Å². The van der Waals surface area contributed by atoms with Crippen LogP contribution in [0.15, 0.2) is 4.99 Å². The molecule has 0 aromatic carbocycles. The minimum atomic E-state index is -0.674. The molecule has 0 heterocycles. The molecule has 4 nitrogen and oxygen atoms in total. The third-order valence-corrected chi connectivity index (χ3v) is 2.78. The lowest BCUT2D eigenvalue weighted by Crippen LogP contribution is -2.40. The highest BCUT2D eigenvalue weighted by Gasteiger charge is 2.21. The fraction of sp³-hybridized carbons (Fsp3) is 0.700. The molecule has 0 saturated carbocycles. The topological polar surface area (TPSA) is 79.3 Å². The molecule has 0 bridgehead atoms. The molecule has 5 heteroatoms. The minimum absolute atomic E-state index is 0.108. The second-order valence-electron chi connectivity index (χ2n) is 3.44. The zero-order valence-electron chi connectivity index (χ0n) is 9.70. The summed E-state index contributed by atoms with van der Waals surface area (Å²) in [6.45, 7) is 5.43. The molecular weight excluding hydrogens is 210 g/mol. The van der Waals surface area contributed by atoms with Gasteiger partial charge in [0.2, 0.25) is 0 Å². The quantitative estimate of drug-likeness (QED) is 0.568. The Bertz CT molecular complexity index is 276. The first-order chi connectivity index (χ1) is 6.93. The van der Waals surface area contributed by atoms with Gasteiger partial charge in [0.25, 0.3) is 0 Å². The van der Waals surface area contributed by atoms with Gasteiger partial charge in [-0.15, -0.1) is 0 Å². The van der Waals surface area contributed by atoms with Crippen molar-refractivity contribution >= 4 is 28.4 Å². The summed E-state index contributed by atoms with van der Waals surface area (Å²) in [5, 5.41) is 7.68. The Labute approximate surface area is 95.2 Å². The molecule has 0 amide bonds. The van der Waals surface area contributed by atoms with Crippen molar-refractivity contribution in [2.24, 2.45) is 16.6 Å². The third kappa shape index (κ3) is 4.57. The summed E-state index contributed by atoms with van der Waals surface area (Å²) in [6, 6.07) is -0.674. The number of carbonyl (C=O) groups excluding carboxylic acids is 1. The molecule has 0 radical (unpaired) electrons. The van der Waals surface area contributed by atoms with Crippen molar-refractivity contribution < 1.29 is 4.79 Å². The Morgan fingerprint density at radius 3 is 2.47 bits per heavy atom. The first-order valence-corrected chi connectivity index (χ1v) is 6.13. The number of Topliss-reactive ketones (excluding diaryl/α,β-unsaturated/α-hetero) is 1. The van der Waals surface area contributed by atoms with Gasteiger partial charge in [-0.3, -0.25) is 10.2 Å². The van der Waals surface area contributed by atoms with Crippen molar-refractivity contribution in [1.29, 1.82) is 5.41 Å². The Balaban J connectivity index is 4.96. The normalized spacial score (nSPS) is 15.9. The number of carbonyl (C=O) groups is 1. The van der Waals surface area contributed by atoms with Crippen LogP contribution >= 0.6 is 11.8 Å². The van der Waals surface area contributed by atoms with Gasteiger partial charge < -0.3 is 5.73 Å². The van der Waals surface area contributed by atoms with Gasteiger partial charge in [0.1, 0.15) is 6.04 Å². The lowest BCUT2D eigenvalue weighted by atomic mass is 9.95. The maximum Gasteiger partial charge on any atom is 0.179 e. The molecule has 0 saturated heterocycles. The van der Waals surface area contributed by atoms with E-state index in [0.29, 0.717) is 5.71 Å². The van der Waals surface area contributed by atoms with Gasteiger partial charge in [-0.25, -0.2) is 4.99 Å². The van der Waals surface area contributed by atoms with Crippen molar-refractivity contribution in [2.75, 3.05) is 6.26 Å². The van der Waals surface area contributed by atoms with Crippen LogP contribution in [-0.2, 0) is 4.79 Å². The summed E-state index contributed by atoms with van der Waals surface area (Å²) in [4.78, 5) is 15.3. The highest BCUT2D eigenvalue weighted by Crippen LogP contribution is 2.10. The minimum Gasteiger partial charge on any atom is -0.317 e. The lowest BCUT2D eigenvalue weighted by molar-refractivity contribution is -0.116. The molecule has 86 valence electrons. The van der Waals surface area contributed by atoms with Crippen LogP contribution in [0.2, 0.25) is 0 Å². The summed E-state index contributed by atoms with van der Waals surface area (Å²) in [6.07, 6.45) is 2.64. The number of hydrogen-bond donors (Lipinski definition) is 2. The van der Waals surface area contributed by atoms with Gasteiger partial charge >= 0.3 is 0 Å². The van der Waals surface area contributed by atoms with Crippen molar-refractivity contribution in [3.8, 4) is 0 Å². The summed E-state index contributed by atoms with van der Waals surface area (Å²) >= 11 is 1.24. The summed E-state index contributed by atoms with van der Waals surface area (Å²) in [5.74, 6) is 0.0272. The van der Waals surface area contributed by atoms with Crippen LogP contribution in [0.5, 0.6) is 0 Å². The first-order valence-electron chi connectivity index (χ1n) is 4.91. The molecule has 0 rings (SSSR count). The highest BCUT2D eigenvalue weighted by molar-refractivity contribution is 8.13. The molecule has 2 unspecified atom stereocenters. The fourth-order valence-corrected chi connectivity index (χ4v) is 1.26. The number of nitrogens with two attached hydrogens (primary N) is 1. The van der Waals surface area contributed by atoms with Crippen molar-refractivity contribution in [3.05, 3.63) is 0 Å². The van der Waals surface area contributed by atoms with Gasteiger partial charge in [-0.1, -0.05) is 25.6 Å². The molecule has 0 aliphatic carbocycles. The number of nitrogens with zero attached hydrogens (tertiary/aromatic N) is 1. The van der Waals surface area contributed by atoms with Crippen molar-refractivity contribution in [2.45, 2.75) is 33.2 Å². The zero-order chi connectivity index (χ0) is 12.0. The summed E-state index contributed by atoms with van der Waals surface area (Å²) < 4.78 is 0. The number of nitrogens with one attached hydrogen (secondary N) is 1. The molecule has 0 spiro atoms. The second kappa shape index (κ2) is 6.74. The van der Waals surface area contributed by atoms with Gasteiger partial charge in [-0.05, 0) is 25.5 Å². The van der Waals surface area contributed by atoms with Gasteiger partial charge in [-0.2, -0.15) is 0 Å². The van der Waals surface area contributed by atoms with E-state index in [-0.39, 0.29) is 16.9 Å². The number of aliphatic imine (C=N–C) groups is 1. The van der Waals surface area contributed by atoms with E-state index in [9.17, 15) is 4.79 Å². The maximum atomic E-state index is 11.2. The van der Waals surface area contributed by atoms with E-state index in [1.54, 1.807) is 6.26 Å². The van der Waals surface area contributed by atoms with Crippen LogP contribution in [0.25, 0.3) is 0 Å². The SMILES string of the molecule is CCC(C)C(=NC(=N)SC)C(N)C(C)=O. The average molecular weight is 229 g/mol. The van der Waals surface area contributed by atoms with E-state index >= 15 is 0 Å². The Morgan fingerprint density at radius 1 is 1.60 bits per heavy atom. The number of hydrogen-bond acceptors (Lipinski definition) is 4. The van der Waals surface area contributed by atoms with E-state index in [4.69, 9.17) is 11.1 Å². The fourth-order valence-electron chi connectivity index (χ4n) is 1.07. The molecule has 3 N–H and O–H groups in total. The third-order valence-electron chi connectivity index (χ3n) is 2.30. The number of rotatable bonds is 4. The van der Waals surface area contributed by atoms with E-state index in [1.807, 2.05) is 13.8 Å². The number of amidine groups is 1. The molecule has 0 aliphatic heterocycles. The van der Waals surface area contributed by atoms with Crippen LogP contribution < -0.4 is 5.73 Å². The van der Waals surface area contributed by atoms with Gasteiger partial charge in [0.15, 0.2) is 11.0 Å². The maximum absolute atomic E-state index is 11.2. The van der Waals surface area contributed by atoms with E-state index in [1.165, 1.54) is 18.7 Å². The lowest BCUT2D eigenvalue weighted by Gasteiger charge is -2.17. The van der Waals surface area contributed by atoms with Crippen LogP contribution in [0.3, 0.4) is 0 Å².